The largest absolute Gasteiger partial charge is 0.295 e. The minimum atomic E-state index is 0.188. The first-order chi connectivity index (χ1) is 8.54. The third kappa shape index (κ3) is 3.56. The Bertz CT molecular complexity index is 405. The zero-order valence-corrected chi connectivity index (χ0v) is 11.8. The number of benzene rings is 1. The Morgan fingerprint density at radius 1 is 1.22 bits per heavy atom. The molecule has 0 aromatic heterocycles. The summed E-state index contributed by atoms with van der Waals surface area (Å²) in [6.07, 6.45) is 1.27. The van der Waals surface area contributed by atoms with Crippen LogP contribution in [0.25, 0.3) is 0 Å². The molecule has 0 amide bonds. The van der Waals surface area contributed by atoms with E-state index in [4.69, 9.17) is 11.6 Å². The Morgan fingerprint density at radius 2 is 1.78 bits per heavy atom. The smallest absolute Gasteiger partial charge is 0.176 e. The molecule has 1 saturated heterocycles. The maximum Gasteiger partial charge on any atom is 0.176 e. The second-order valence-electron chi connectivity index (χ2n) is 5.57. The van der Waals surface area contributed by atoms with E-state index in [-0.39, 0.29) is 5.78 Å². The summed E-state index contributed by atoms with van der Waals surface area (Å²) in [5.74, 6) is 1.56. The average Bonchev–Trinajstić information content (AvgIpc) is 2.28. The summed E-state index contributed by atoms with van der Waals surface area (Å²) in [5, 5.41) is 0.673. The molecule has 2 rings (SSSR count). The van der Waals surface area contributed by atoms with Gasteiger partial charge in [-0.05, 0) is 42.5 Å². The summed E-state index contributed by atoms with van der Waals surface area (Å²) in [5.41, 5.74) is 0.755. The zero-order valence-electron chi connectivity index (χ0n) is 11.0. The van der Waals surface area contributed by atoms with E-state index in [0.29, 0.717) is 23.4 Å². The lowest BCUT2D eigenvalue weighted by atomic mass is 9.91. The summed E-state index contributed by atoms with van der Waals surface area (Å²) in [7, 11) is 0. The van der Waals surface area contributed by atoms with E-state index in [1.807, 2.05) is 12.1 Å². The van der Waals surface area contributed by atoms with Crippen LogP contribution in [0.1, 0.15) is 30.6 Å². The fourth-order valence-corrected chi connectivity index (χ4v) is 2.98. The molecule has 1 aromatic carbocycles. The lowest BCUT2D eigenvalue weighted by Crippen LogP contribution is -2.41. The van der Waals surface area contributed by atoms with Crippen LogP contribution in [0.4, 0.5) is 0 Å². The maximum absolute atomic E-state index is 12.2. The molecule has 3 heteroatoms. The van der Waals surface area contributed by atoms with Gasteiger partial charge >= 0.3 is 0 Å². The molecule has 98 valence electrons. The summed E-state index contributed by atoms with van der Waals surface area (Å²) in [6, 6.07) is 7.16. The van der Waals surface area contributed by atoms with Crippen LogP contribution in [0.2, 0.25) is 5.02 Å². The molecule has 2 nitrogen and oxygen atoms in total. The molecule has 0 saturated carbocycles. The van der Waals surface area contributed by atoms with Gasteiger partial charge in [0, 0.05) is 23.7 Å². The number of ketones is 1. The zero-order chi connectivity index (χ0) is 13.1. The molecule has 1 heterocycles. The van der Waals surface area contributed by atoms with Crippen LogP contribution in [-0.2, 0) is 0 Å². The molecule has 0 aliphatic carbocycles. The van der Waals surface area contributed by atoms with E-state index in [0.717, 1.165) is 18.7 Å². The topological polar surface area (TPSA) is 20.3 Å². The van der Waals surface area contributed by atoms with E-state index in [1.165, 1.54) is 6.42 Å². The molecule has 0 N–H and O–H groups in total. The highest BCUT2D eigenvalue weighted by Crippen LogP contribution is 2.21. The number of hydrogen-bond donors (Lipinski definition) is 0. The van der Waals surface area contributed by atoms with Crippen molar-refractivity contribution in [2.75, 3.05) is 19.6 Å². The molecule has 1 aliphatic rings. The lowest BCUT2D eigenvalue weighted by molar-refractivity contribution is 0.0849. The summed E-state index contributed by atoms with van der Waals surface area (Å²) in [6.45, 7) is 7.11. The third-order valence-corrected chi connectivity index (χ3v) is 3.73. The summed E-state index contributed by atoms with van der Waals surface area (Å²) >= 11 is 5.82. The number of likely N-dealkylation sites (tertiary alicyclic amines) is 1. The molecule has 1 aromatic rings. The number of carbonyl (C=O) groups is 1. The van der Waals surface area contributed by atoms with Crippen molar-refractivity contribution in [1.29, 1.82) is 0 Å². The van der Waals surface area contributed by atoms with Crippen molar-refractivity contribution in [1.82, 2.24) is 4.90 Å². The SMILES string of the molecule is CC1CC(C)CN(CC(=O)c2ccc(Cl)cc2)C1. The van der Waals surface area contributed by atoms with Crippen molar-refractivity contribution >= 4 is 17.4 Å². The number of nitrogens with zero attached hydrogens (tertiary/aromatic N) is 1. The number of hydrogen-bond acceptors (Lipinski definition) is 2. The second kappa shape index (κ2) is 5.85. The molecule has 1 fully saturated rings. The highest BCUT2D eigenvalue weighted by Gasteiger charge is 2.23. The minimum absolute atomic E-state index is 0.188. The van der Waals surface area contributed by atoms with Gasteiger partial charge in [-0.3, -0.25) is 9.69 Å². The van der Waals surface area contributed by atoms with Gasteiger partial charge in [0.2, 0.25) is 0 Å². The quantitative estimate of drug-likeness (QED) is 0.780. The Morgan fingerprint density at radius 3 is 2.33 bits per heavy atom. The number of Topliss-reactive ketones (excluding diaryl/α,β-unsaturated/α-hetero) is 1. The van der Waals surface area contributed by atoms with Gasteiger partial charge in [-0.2, -0.15) is 0 Å². The first-order valence-corrected chi connectivity index (χ1v) is 6.93. The first-order valence-electron chi connectivity index (χ1n) is 6.55. The van der Waals surface area contributed by atoms with Crippen LogP contribution >= 0.6 is 11.6 Å². The van der Waals surface area contributed by atoms with Gasteiger partial charge in [-0.25, -0.2) is 0 Å². The predicted octanol–water partition coefficient (Wildman–Crippen LogP) is 3.50. The monoisotopic (exact) mass is 265 g/mol. The summed E-state index contributed by atoms with van der Waals surface area (Å²) in [4.78, 5) is 14.4. The van der Waals surface area contributed by atoms with Crippen molar-refractivity contribution in [3.63, 3.8) is 0 Å². The van der Waals surface area contributed by atoms with Crippen molar-refractivity contribution < 1.29 is 4.79 Å². The van der Waals surface area contributed by atoms with Crippen LogP contribution in [0.5, 0.6) is 0 Å². The molecule has 2 unspecified atom stereocenters. The van der Waals surface area contributed by atoms with Crippen molar-refractivity contribution in [3.05, 3.63) is 34.9 Å². The number of rotatable bonds is 3. The third-order valence-electron chi connectivity index (χ3n) is 3.48. The van der Waals surface area contributed by atoms with Crippen molar-refractivity contribution in [2.45, 2.75) is 20.3 Å². The highest BCUT2D eigenvalue weighted by atomic mass is 35.5. The van der Waals surface area contributed by atoms with E-state index in [2.05, 4.69) is 18.7 Å². The van der Waals surface area contributed by atoms with Gasteiger partial charge in [0.15, 0.2) is 5.78 Å². The maximum atomic E-state index is 12.2. The van der Waals surface area contributed by atoms with E-state index in [1.54, 1.807) is 12.1 Å². The molecule has 2 atom stereocenters. The lowest BCUT2D eigenvalue weighted by Gasteiger charge is -2.34. The van der Waals surface area contributed by atoms with E-state index >= 15 is 0 Å². The fraction of sp³-hybridized carbons (Fsp3) is 0.533. The number of halogens is 1. The fourth-order valence-electron chi connectivity index (χ4n) is 2.85. The molecule has 0 bridgehead atoms. The minimum Gasteiger partial charge on any atom is -0.295 e. The van der Waals surface area contributed by atoms with Crippen LogP contribution in [0, 0.1) is 11.8 Å². The van der Waals surface area contributed by atoms with E-state index < -0.39 is 0 Å². The van der Waals surface area contributed by atoms with Crippen LogP contribution in [-0.4, -0.2) is 30.3 Å². The molecule has 18 heavy (non-hydrogen) atoms. The Kier molecular flexibility index (Phi) is 4.41. The van der Waals surface area contributed by atoms with E-state index in [9.17, 15) is 4.79 Å². The van der Waals surface area contributed by atoms with Crippen LogP contribution in [0.15, 0.2) is 24.3 Å². The van der Waals surface area contributed by atoms with Crippen LogP contribution < -0.4 is 0 Å². The molecular weight excluding hydrogens is 246 g/mol. The molecular formula is C15H20ClNO. The first kappa shape index (κ1) is 13.6. The van der Waals surface area contributed by atoms with Gasteiger partial charge in [0.05, 0.1) is 6.54 Å². The van der Waals surface area contributed by atoms with Gasteiger partial charge in [-0.1, -0.05) is 25.4 Å². The Labute approximate surface area is 114 Å². The normalized spacial score (nSPS) is 25.1. The molecule has 0 spiro atoms. The molecule has 1 aliphatic heterocycles. The van der Waals surface area contributed by atoms with Crippen molar-refractivity contribution in [2.24, 2.45) is 11.8 Å². The Balaban J connectivity index is 1.96. The Hall–Kier alpha value is -0.860. The standard InChI is InChI=1S/C15H20ClNO/c1-11-7-12(2)9-17(8-11)10-15(18)13-3-5-14(16)6-4-13/h3-6,11-12H,7-10H2,1-2H3. The predicted molar refractivity (Wildman–Crippen MR) is 75.2 cm³/mol. The number of carbonyl (C=O) groups excluding carboxylic acids is 1. The van der Waals surface area contributed by atoms with Gasteiger partial charge in [-0.15, -0.1) is 0 Å². The molecule has 0 radical (unpaired) electrons. The van der Waals surface area contributed by atoms with Gasteiger partial charge in [0.1, 0.15) is 0 Å². The van der Waals surface area contributed by atoms with Crippen LogP contribution in [0.3, 0.4) is 0 Å². The van der Waals surface area contributed by atoms with Crippen molar-refractivity contribution in [3.8, 4) is 0 Å². The average molecular weight is 266 g/mol. The summed E-state index contributed by atoms with van der Waals surface area (Å²) < 4.78 is 0. The second-order valence-corrected chi connectivity index (χ2v) is 6.01. The highest BCUT2D eigenvalue weighted by molar-refractivity contribution is 6.30. The number of piperidine rings is 1. The van der Waals surface area contributed by atoms with Gasteiger partial charge < -0.3 is 0 Å². The van der Waals surface area contributed by atoms with Gasteiger partial charge in [0.25, 0.3) is 0 Å².